The molecule has 0 aliphatic rings. The standard InChI is InChI=1S/C23H20N2O3S/c26-19-9-4-6-16(12-19)13-20(17-7-2-1-3-8-17)25-22(27)14-18-15-28-23(24-18)21-10-5-11-29-21/h1-12,15,20,26H,13-14H2,(H,25,27)/t20-/m0/s1. The lowest BCUT2D eigenvalue weighted by Gasteiger charge is -2.19. The Morgan fingerprint density at radius 1 is 1.10 bits per heavy atom. The van der Waals surface area contributed by atoms with E-state index in [2.05, 4.69) is 10.3 Å². The number of oxazole rings is 1. The fraction of sp³-hybridized carbons (Fsp3) is 0.130. The lowest BCUT2D eigenvalue weighted by molar-refractivity contribution is -0.121. The number of phenolic OH excluding ortho intramolecular Hbond substituents is 1. The Labute approximate surface area is 172 Å². The number of aromatic nitrogens is 1. The molecule has 6 heteroatoms. The summed E-state index contributed by atoms with van der Waals surface area (Å²) in [6.45, 7) is 0. The van der Waals surface area contributed by atoms with E-state index in [4.69, 9.17) is 4.42 Å². The van der Waals surface area contributed by atoms with Gasteiger partial charge in [0, 0.05) is 0 Å². The van der Waals surface area contributed by atoms with Gasteiger partial charge in [-0.25, -0.2) is 4.98 Å². The molecule has 0 radical (unpaired) electrons. The molecule has 0 aliphatic carbocycles. The van der Waals surface area contributed by atoms with Gasteiger partial charge in [0.1, 0.15) is 12.0 Å². The van der Waals surface area contributed by atoms with Crippen LogP contribution in [-0.4, -0.2) is 16.0 Å². The summed E-state index contributed by atoms with van der Waals surface area (Å²) in [7, 11) is 0. The van der Waals surface area contributed by atoms with Crippen LogP contribution in [0, 0.1) is 0 Å². The third kappa shape index (κ3) is 4.92. The Bertz CT molecular complexity index is 1070. The summed E-state index contributed by atoms with van der Waals surface area (Å²) in [5.74, 6) is 0.608. The van der Waals surface area contributed by atoms with E-state index in [0.29, 0.717) is 18.0 Å². The molecule has 2 aromatic heterocycles. The number of aromatic hydroxyl groups is 1. The molecule has 4 aromatic rings. The highest BCUT2D eigenvalue weighted by molar-refractivity contribution is 7.13. The minimum absolute atomic E-state index is 0.134. The monoisotopic (exact) mass is 404 g/mol. The van der Waals surface area contributed by atoms with Gasteiger partial charge in [-0.1, -0.05) is 48.5 Å². The highest BCUT2D eigenvalue weighted by Crippen LogP contribution is 2.24. The fourth-order valence-corrected chi connectivity index (χ4v) is 3.82. The van der Waals surface area contributed by atoms with Gasteiger partial charge in [-0.05, 0) is 41.1 Å². The molecule has 146 valence electrons. The first kappa shape index (κ1) is 19.0. The average molecular weight is 404 g/mol. The molecular formula is C23H20N2O3S. The van der Waals surface area contributed by atoms with Gasteiger partial charge in [0.2, 0.25) is 11.8 Å². The first-order valence-electron chi connectivity index (χ1n) is 9.28. The van der Waals surface area contributed by atoms with Crippen molar-refractivity contribution in [1.29, 1.82) is 0 Å². The number of rotatable bonds is 7. The largest absolute Gasteiger partial charge is 0.508 e. The van der Waals surface area contributed by atoms with Gasteiger partial charge in [-0.15, -0.1) is 11.3 Å². The van der Waals surface area contributed by atoms with Crippen molar-refractivity contribution in [3.05, 3.63) is 95.2 Å². The lowest BCUT2D eigenvalue weighted by atomic mass is 9.98. The number of nitrogens with zero attached hydrogens (tertiary/aromatic N) is 1. The minimum Gasteiger partial charge on any atom is -0.508 e. The second-order valence-corrected chi connectivity index (χ2v) is 7.65. The Kier molecular flexibility index (Phi) is 5.72. The number of carbonyl (C=O) groups is 1. The van der Waals surface area contributed by atoms with Crippen LogP contribution in [-0.2, 0) is 17.6 Å². The molecular weight excluding hydrogens is 384 g/mol. The van der Waals surface area contributed by atoms with E-state index in [1.54, 1.807) is 29.5 Å². The lowest BCUT2D eigenvalue weighted by Crippen LogP contribution is -2.31. The van der Waals surface area contributed by atoms with E-state index in [1.165, 1.54) is 6.26 Å². The summed E-state index contributed by atoms with van der Waals surface area (Å²) in [6, 6.07) is 20.5. The first-order chi connectivity index (χ1) is 14.2. The van der Waals surface area contributed by atoms with Crippen LogP contribution in [0.1, 0.15) is 22.9 Å². The molecule has 2 heterocycles. The Morgan fingerprint density at radius 2 is 1.97 bits per heavy atom. The maximum Gasteiger partial charge on any atom is 0.236 e. The van der Waals surface area contributed by atoms with Crippen LogP contribution in [0.25, 0.3) is 10.8 Å². The Morgan fingerprint density at radius 3 is 2.72 bits per heavy atom. The first-order valence-corrected chi connectivity index (χ1v) is 10.2. The summed E-state index contributed by atoms with van der Waals surface area (Å²) in [5.41, 5.74) is 2.54. The zero-order chi connectivity index (χ0) is 20.1. The van der Waals surface area contributed by atoms with Crippen molar-refractivity contribution in [2.45, 2.75) is 18.9 Å². The van der Waals surface area contributed by atoms with Crippen LogP contribution in [0.5, 0.6) is 5.75 Å². The highest BCUT2D eigenvalue weighted by Gasteiger charge is 2.17. The Balaban J connectivity index is 1.47. The van der Waals surface area contributed by atoms with Crippen molar-refractivity contribution < 1.29 is 14.3 Å². The van der Waals surface area contributed by atoms with E-state index >= 15 is 0 Å². The van der Waals surface area contributed by atoms with E-state index in [9.17, 15) is 9.90 Å². The van der Waals surface area contributed by atoms with Gasteiger partial charge < -0.3 is 14.8 Å². The van der Waals surface area contributed by atoms with E-state index in [-0.39, 0.29) is 24.1 Å². The second kappa shape index (κ2) is 8.75. The zero-order valence-electron chi connectivity index (χ0n) is 15.6. The van der Waals surface area contributed by atoms with Gasteiger partial charge in [-0.2, -0.15) is 0 Å². The van der Waals surface area contributed by atoms with Crippen molar-refractivity contribution >= 4 is 17.2 Å². The molecule has 0 spiro atoms. The van der Waals surface area contributed by atoms with Crippen molar-refractivity contribution in [2.75, 3.05) is 0 Å². The smallest absolute Gasteiger partial charge is 0.236 e. The van der Waals surface area contributed by atoms with Gasteiger partial charge in [0.25, 0.3) is 0 Å². The van der Waals surface area contributed by atoms with Crippen molar-refractivity contribution in [1.82, 2.24) is 10.3 Å². The molecule has 1 amide bonds. The average Bonchev–Trinajstić information content (AvgIpc) is 3.40. The number of thiophene rings is 1. The summed E-state index contributed by atoms with van der Waals surface area (Å²) in [6.07, 6.45) is 2.24. The molecule has 1 atom stereocenters. The summed E-state index contributed by atoms with van der Waals surface area (Å²) in [4.78, 5) is 18.1. The van der Waals surface area contributed by atoms with Crippen LogP contribution in [0.3, 0.4) is 0 Å². The number of phenols is 1. The molecule has 0 unspecified atom stereocenters. The number of nitrogens with one attached hydrogen (secondary N) is 1. The van der Waals surface area contributed by atoms with Gasteiger partial charge in [0.05, 0.1) is 23.0 Å². The second-order valence-electron chi connectivity index (χ2n) is 6.70. The van der Waals surface area contributed by atoms with Crippen molar-refractivity contribution in [3.8, 4) is 16.5 Å². The zero-order valence-corrected chi connectivity index (χ0v) is 16.4. The SMILES string of the molecule is O=C(Cc1coc(-c2cccs2)n1)N[C@@H](Cc1cccc(O)c1)c1ccccc1. The van der Waals surface area contributed by atoms with Crippen molar-refractivity contribution in [2.24, 2.45) is 0 Å². The number of hydrogen-bond acceptors (Lipinski definition) is 5. The summed E-state index contributed by atoms with van der Waals surface area (Å²) >= 11 is 1.54. The third-order valence-corrected chi connectivity index (χ3v) is 5.37. The number of benzene rings is 2. The number of amides is 1. The summed E-state index contributed by atoms with van der Waals surface area (Å²) < 4.78 is 5.50. The molecule has 2 N–H and O–H groups in total. The molecule has 0 saturated carbocycles. The maximum absolute atomic E-state index is 12.7. The van der Waals surface area contributed by atoms with Crippen LogP contribution < -0.4 is 5.32 Å². The topological polar surface area (TPSA) is 75.4 Å². The normalized spacial score (nSPS) is 11.9. The minimum atomic E-state index is -0.214. The number of carbonyl (C=O) groups excluding carboxylic acids is 1. The Hall–Kier alpha value is -3.38. The van der Waals surface area contributed by atoms with E-state index in [0.717, 1.165) is 16.0 Å². The predicted molar refractivity (Wildman–Crippen MR) is 113 cm³/mol. The molecule has 4 rings (SSSR count). The highest BCUT2D eigenvalue weighted by atomic mass is 32.1. The van der Waals surface area contributed by atoms with Crippen LogP contribution >= 0.6 is 11.3 Å². The predicted octanol–water partition coefficient (Wildman–Crippen LogP) is 4.75. The molecule has 5 nitrogen and oxygen atoms in total. The van der Waals surface area contributed by atoms with E-state index in [1.807, 2.05) is 53.9 Å². The quantitative estimate of drug-likeness (QED) is 0.466. The number of hydrogen-bond donors (Lipinski definition) is 2. The molecule has 0 saturated heterocycles. The third-order valence-electron chi connectivity index (χ3n) is 4.51. The maximum atomic E-state index is 12.7. The molecule has 0 bridgehead atoms. The molecule has 2 aromatic carbocycles. The molecule has 0 fully saturated rings. The molecule has 0 aliphatic heterocycles. The fourth-order valence-electron chi connectivity index (χ4n) is 3.17. The van der Waals surface area contributed by atoms with E-state index < -0.39 is 0 Å². The van der Waals surface area contributed by atoms with Crippen LogP contribution in [0.2, 0.25) is 0 Å². The van der Waals surface area contributed by atoms with Crippen LogP contribution in [0.15, 0.2) is 82.8 Å². The van der Waals surface area contributed by atoms with Gasteiger partial charge >= 0.3 is 0 Å². The van der Waals surface area contributed by atoms with Crippen molar-refractivity contribution in [3.63, 3.8) is 0 Å². The van der Waals surface area contributed by atoms with Gasteiger partial charge in [0.15, 0.2) is 0 Å². The molecule has 29 heavy (non-hydrogen) atoms. The van der Waals surface area contributed by atoms with Crippen LogP contribution in [0.4, 0.5) is 0 Å². The van der Waals surface area contributed by atoms with Gasteiger partial charge in [-0.3, -0.25) is 4.79 Å². The summed E-state index contributed by atoms with van der Waals surface area (Å²) in [5, 5.41) is 14.8.